The van der Waals surface area contributed by atoms with Crippen molar-refractivity contribution < 1.29 is 14.3 Å². The number of carbonyl (C=O) groups excluding carboxylic acids is 1. The Bertz CT molecular complexity index is 1210. The minimum Gasteiger partial charge on any atom is -0.493 e. The summed E-state index contributed by atoms with van der Waals surface area (Å²) in [7, 11) is 3.22. The zero-order valence-electron chi connectivity index (χ0n) is 17.5. The number of methoxy groups -OCH3 is 2. The maximum absolute atomic E-state index is 12.5. The number of fused-ring (bicyclic) bond motifs is 3. The number of hydrogen-bond donors (Lipinski definition) is 2. The van der Waals surface area contributed by atoms with E-state index in [9.17, 15) is 4.79 Å². The van der Waals surface area contributed by atoms with E-state index in [1.54, 1.807) is 14.2 Å². The molecule has 1 amide bonds. The maximum Gasteiger partial charge on any atom is 0.224 e. The zero-order chi connectivity index (χ0) is 21.1. The summed E-state index contributed by atoms with van der Waals surface area (Å²) in [6.45, 7) is 2.16. The Kier molecular flexibility index (Phi) is 5.61. The first kappa shape index (κ1) is 19.8. The molecule has 2 N–H and O–H groups in total. The van der Waals surface area contributed by atoms with Crippen LogP contribution in [0.15, 0.2) is 54.6 Å². The van der Waals surface area contributed by atoms with Gasteiger partial charge in [-0.1, -0.05) is 37.3 Å². The predicted octanol–water partition coefficient (Wildman–Crippen LogP) is 5.47. The van der Waals surface area contributed by atoms with Crippen LogP contribution < -0.4 is 14.8 Å². The highest BCUT2D eigenvalue weighted by Gasteiger charge is 2.10. The van der Waals surface area contributed by atoms with Crippen LogP contribution in [0, 0.1) is 0 Å². The van der Waals surface area contributed by atoms with Gasteiger partial charge in [0.25, 0.3) is 0 Å². The number of anilines is 1. The van der Waals surface area contributed by atoms with Crippen molar-refractivity contribution in [3.05, 3.63) is 65.7 Å². The Morgan fingerprint density at radius 3 is 2.57 bits per heavy atom. The van der Waals surface area contributed by atoms with E-state index in [0.29, 0.717) is 24.3 Å². The second kappa shape index (κ2) is 8.49. The van der Waals surface area contributed by atoms with E-state index < -0.39 is 0 Å². The molecule has 154 valence electrons. The molecule has 0 bridgehead atoms. The Hall–Kier alpha value is -3.47. The summed E-state index contributed by atoms with van der Waals surface area (Å²) >= 11 is 0. The van der Waals surface area contributed by atoms with E-state index >= 15 is 0 Å². The van der Waals surface area contributed by atoms with E-state index in [1.807, 2.05) is 30.3 Å². The second-order valence-electron chi connectivity index (χ2n) is 7.32. The van der Waals surface area contributed by atoms with Gasteiger partial charge in [0.1, 0.15) is 0 Å². The summed E-state index contributed by atoms with van der Waals surface area (Å²) in [6.07, 6.45) is 1.99. The number of aryl methyl sites for hydroxylation is 2. The molecule has 0 aliphatic heterocycles. The first-order chi connectivity index (χ1) is 14.6. The summed E-state index contributed by atoms with van der Waals surface area (Å²) in [5, 5.41) is 5.40. The van der Waals surface area contributed by atoms with Gasteiger partial charge in [0.15, 0.2) is 11.5 Å². The van der Waals surface area contributed by atoms with E-state index in [2.05, 4.69) is 41.5 Å². The second-order valence-corrected chi connectivity index (χ2v) is 7.32. The lowest BCUT2D eigenvalue weighted by molar-refractivity contribution is -0.116. The van der Waals surface area contributed by atoms with Crippen LogP contribution in [0.1, 0.15) is 24.5 Å². The number of carbonyl (C=O) groups is 1. The SMILES string of the molecule is CCc1cccc2c1[nH]c1cc(NC(=O)CCc3ccc(OC)c(OC)c3)ccc12. The molecular weight excluding hydrogens is 376 g/mol. The molecule has 0 saturated carbocycles. The highest BCUT2D eigenvalue weighted by atomic mass is 16.5. The van der Waals surface area contributed by atoms with Gasteiger partial charge in [-0.25, -0.2) is 0 Å². The van der Waals surface area contributed by atoms with Crippen molar-refractivity contribution >= 4 is 33.4 Å². The summed E-state index contributed by atoms with van der Waals surface area (Å²) in [6, 6.07) is 18.1. The molecule has 0 radical (unpaired) electrons. The number of amides is 1. The van der Waals surface area contributed by atoms with Gasteiger partial charge in [-0.15, -0.1) is 0 Å². The average molecular weight is 402 g/mol. The summed E-state index contributed by atoms with van der Waals surface area (Å²) in [5.74, 6) is 1.34. The molecule has 5 nitrogen and oxygen atoms in total. The highest BCUT2D eigenvalue weighted by Crippen LogP contribution is 2.30. The largest absolute Gasteiger partial charge is 0.493 e. The van der Waals surface area contributed by atoms with Gasteiger partial charge in [-0.2, -0.15) is 0 Å². The molecule has 0 aliphatic carbocycles. The molecule has 0 spiro atoms. The van der Waals surface area contributed by atoms with Gasteiger partial charge in [-0.05, 0) is 48.2 Å². The number of aromatic nitrogens is 1. The minimum absolute atomic E-state index is 0.0190. The third-order valence-corrected chi connectivity index (χ3v) is 5.47. The Labute approximate surface area is 176 Å². The molecule has 5 heteroatoms. The van der Waals surface area contributed by atoms with Crippen LogP contribution in [0.3, 0.4) is 0 Å². The Morgan fingerprint density at radius 1 is 0.967 bits per heavy atom. The lowest BCUT2D eigenvalue weighted by Gasteiger charge is -2.10. The highest BCUT2D eigenvalue weighted by molar-refractivity contribution is 6.09. The smallest absolute Gasteiger partial charge is 0.224 e. The van der Waals surface area contributed by atoms with Gasteiger partial charge in [-0.3, -0.25) is 4.79 Å². The lowest BCUT2D eigenvalue weighted by Crippen LogP contribution is -2.12. The lowest BCUT2D eigenvalue weighted by atomic mass is 10.1. The van der Waals surface area contributed by atoms with Crippen LogP contribution >= 0.6 is 0 Å². The summed E-state index contributed by atoms with van der Waals surface area (Å²) in [4.78, 5) is 16.0. The van der Waals surface area contributed by atoms with Gasteiger partial charge < -0.3 is 19.8 Å². The van der Waals surface area contributed by atoms with E-state index in [-0.39, 0.29) is 5.91 Å². The van der Waals surface area contributed by atoms with Gasteiger partial charge in [0.2, 0.25) is 5.91 Å². The van der Waals surface area contributed by atoms with Crippen LogP contribution in [0.4, 0.5) is 5.69 Å². The number of rotatable bonds is 7. The van der Waals surface area contributed by atoms with Gasteiger partial charge in [0, 0.05) is 33.9 Å². The van der Waals surface area contributed by atoms with Crippen LogP contribution in [0.5, 0.6) is 11.5 Å². The summed E-state index contributed by atoms with van der Waals surface area (Å²) in [5.41, 5.74) is 5.32. The molecule has 4 aromatic rings. The van der Waals surface area contributed by atoms with Crippen molar-refractivity contribution in [3.63, 3.8) is 0 Å². The number of ether oxygens (including phenoxy) is 2. The van der Waals surface area contributed by atoms with Crippen LogP contribution in [0.2, 0.25) is 0 Å². The predicted molar refractivity (Wildman–Crippen MR) is 122 cm³/mol. The molecule has 3 aromatic carbocycles. The average Bonchev–Trinajstić information content (AvgIpc) is 3.15. The fourth-order valence-corrected chi connectivity index (χ4v) is 3.88. The fraction of sp³-hybridized carbons (Fsp3) is 0.240. The van der Waals surface area contributed by atoms with E-state index in [1.165, 1.54) is 21.9 Å². The number of H-pyrrole nitrogens is 1. The van der Waals surface area contributed by atoms with Crippen LogP contribution in [0.25, 0.3) is 21.8 Å². The monoisotopic (exact) mass is 402 g/mol. The number of para-hydroxylation sites is 1. The molecule has 0 aliphatic rings. The Morgan fingerprint density at radius 2 is 1.80 bits per heavy atom. The van der Waals surface area contributed by atoms with Crippen LogP contribution in [-0.2, 0) is 17.6 Å². The molecule has 30 heavy (non-hydrogen) atoms. The molecule has 0 saturated heterocycles. The minimum atomic E-state index is -0.0190. The van der Waals surface area contributed by atoms with E-state index in [0.717, 1.165) is 23.2 Å². The number of nitrogens with one attached hydrogen (secondary N) is 2. The van der Waals surface area contributed by atoms with Gasteiger partial charge >= 0.3 is 0 Å². The number of benzene rings is 3. The Balaban J connectivity index is 1.47. The first-order valence-electron chi connectivity index (χ1n) is 10.2. The molecule has 4 rings (SSSR count). The van der Waals surface area contributed by atoms with Crippen LogP contribution in [-0.4, -0.2) is 25.1 Å². The van der Waals surface area contributed by atoms with Crippen molar-refractivity contribution in [1.29, 1.82) is 0 Å². The van der Waals surface area contributed by atoms with E-state index in [4.69, 9.17) is 9.47 Å². The van der Waals surface area contributed by atoms with Crippen molar-refractivity contribution in [1.82, 2.24) is 4.98 Å². The number of aromatic amines is 1. The maximum atomic E-state index is 12.5. The molecule has 0 atom stereocenters. The number of hydrogen-bond acceptors (Lipinski definition) is 3. The topological polar surface area (TPSA) is 63.4 Å². The molecule has 1 aromatic heterocycles. The molecule has 1 heterocycles. The first-order valence-corrected chi connectivity index (χ1v) is 10.2. The molecular formula is C25H26N2O3. The normalized spacial score (nSPS) is 11.0. The van der Waals surface area contributed by atoms with Crippen molar-refractivity contribution in [3.8, 4) is 11.5 Å². The summed E-state index contributed by atoms with van der Waals surface area (Å²) < 4.78 is 10.6. The van der Waals surface area contributed by atoms with Crippen molar-refractivity contribution in [2.24, 2.45) is 0 Å². The third kappa shape index (κ3) is 3.83. The van der Waals surface area contributed by atoms with Crippen molar-refractivity contribution in [2.45, 2.75) is 26.2 Å². The molecule has 0 unspecified atom stereocenters. The zero-order valence-corrected chi connectivity index (χ0v) is 17.5. The van der Waals surface area contributed by atoms with Gasteiger partial charge in [0.05, 0.1) is 14.2 Å². The fourth-order valence-electron chi connectivity index (χ4n) is 3.88. The third-order valence-electron chi connectivity index (χ3n) is 5.47. The quantitative estimate of drug-likeness (QED) is 0.431. The standard InChI is InChI=1S/C25H26N2O3/c1-4-17-6-5-7-20-19-11-10-18(15-21(19)27-25(17)20)26-24(28)13-9-16-8-12-22(29-2)23(14-16)30-3/h5-8,10-12,14-15,27H,4,9,13H2,1-3H3,(H,26,28). The molecule has 0 fully saturated rings. The van der Waals surface area contributed by atoms with Crippen molar-refractivity contribution in [2.75, 3.05) is 19.5 Å².